The van der Waals surface area contributed by atoms with Gasteiger partial charge in [0.2, 0.25) is 5.91 Å². The van der Waals surface area contributed by atoms with E-state index in [1.54, 1.807) is 18.2 Å². The zero-order chi connectivity index (χ0) is 14.4. The summed E-state index contributed by atoms with van der Waals surface area (Å²) in [5.41, 5.74) is 2.59. The van der Waals surface area contributed by atoms with E-state index >= 15 is 0 Å². The quantitative estimate of drug-likeness (QED) is 0.832. The van der Waals surface area contributed by atoms with Crippen molar-refractivity contribution in [2.75, 3.05) is 12.0 Å². The molecule has 0 aliphatic carbocycles. The van der Waals surface area contributed by atoms with Gasteiger partial charge in [-0.2, -0.15) is 0 Å². The first-order valence-corrected chi connectivity index (χ1v) is 6.63. The summed E-state index contributed by atoms with van der Waals surface area (Å²) in [6.45, 7) is 0.386. The summed E-state index contributed by atoms with van der Waals surface area (Å²) >= 11 is 11.7. The molecule has 2 aromatic rings. The van der Waals surface area contributed by atoms with E-state index in [9.17, 15) is 4.79 Å². The van der Waals surface area contributed by atoms with E-state index in [0.29, 0.717) is 35.2 Å². The molecule has 0 unspecified atom stereocenters. The maximum absolute atomic E-state index is 11.5. The number of aromatic nitrogens is 3. The Labute approximate surface area is 125 Å². The van der Waals surface area contributed by atoms with Gasteiger partial charge in [-0.3, -0.25) is 10.2 Å². The fourth-order valence-corrected chi connectivity index (χ4v) is 1.93. The number of carbonyl (C=O) groups excluding carboxylic acids is 1. The summed E-state index contributed by atoms with van der Waals surface area (Å²) in [5, 5.41) is 8.15. The SMILES string of the molecule is O=C(CCCOc1ccc(Cl)cc1Cl)Nn1cnnc1. The van der Waals surface area contributed by atoms with Crippen LogP contribution < -0.4 is 10.2 Å². The van der Waals surface area contributed by atoms with Gasteiger partial charge in [-0.1, -0.05) is 23.2 Å². The molecule has 0 aliphatic heterocycles. The fraction of sp³-hybridized carbons (Fsp3) is 0.250. The highest BCUT2D eigenvalue weighted by Gasteiger charge is 2.04. The Balaban J connectivity index is 1.69. The third kappa shape index (κ3) is 4.40. The topological polar surface area (TPSA) is 69.0 Å². The molecular formula is C12H12Cl2N4O2. The van der Waals surface area contributed by atoms with E-state index in [2.05, 4.69) is 15.6 Å². The van der Waals surface area contributed by atoms with Crippen molar-refractivity contribution in [3.63, 3.8) is 0 Å². The Morgan fingerprint density at radius 2 is 2.05 bits per heavy atom. The Kier molecular flexibility index (Phi) is 5.20. The van der Waals surface area contributed by atoms with Crippen LogP contribution in [0.25, 0.3) is 0 Å². The highest BCUT2D eigenvalue weighted by molar-refractivity contribution is 6.35. The van der Waals surface area contributed by atoms with E-state index in [-0.39, 0.29) is 5.91 Å². The molecule has 1 N–H and O–H groups in total. The molecule has 0 bridgehead atoms. The molecule has 0 radical (unpaired) electrons. The van der Waals surface area contributed by atoms with Crippen LogP contribution in [0, 0.1) is 0 Å². The molecule has 0 spiro atoms. The van der Waals surface area contributed by atoms with Crippen LogP contribution in [0.15, 0.2) is 30.9 Å². The minimum Gasteiger partial charge on any atom is -0.492 e. The van der Waals surface area contributed by atoms with Crippen molar-refractivity contribution in [3.05, 3.63) is 40.9 Å². The number of carbonyl (C=O) groups is 1. The molecule has 0 aliphatic rings. The normalized spacial score (nSPS) is 10.3. The molecule has 1 aromatic heterocycles. The highest BCUT2D eigenvalue weighted by atomic mass is 35.5. The van der Waals surface area contributed by atoms with E-state index in [1.165, 1.54) is 17.3 Å². The predicted molar refractivity (Wildman–Crippen MR) is 75.6 cm³/mol. The van der Waals surface area contributed by atoms with Crippen LogP contribution >= 0.6 is 23.2 Å². The van der Waals surface area contributed by atoms with E-state index in [0.717, 1.165) is 0 Å². The number of ether oxygens (including phenoxy) is 1. The van der Waals surface area contributed by atoms with Gasteiger partial charge < -0.3 is 4.74 Å². The van der Waals surface area contributed by atoms with Crippen molar-refractivity contribution < 1.29 is 9.53 Å². The smallest absolute Gasteiger partial charge is 0.239 e. The van der Waals surface area contributed by atoms with Crippen LogP contribution in [0.3, 0.4) is 0 Å². The number of benzene rings is 1. The number of halogens is 2. The van der Waals surface area contributed by atoms with Gasteiger partial charge in [0.05, 0.1) is 11.6 Å². The molecule has 1 aromatic carbocycles. The summed E-state index contributed by atoms with van der Waals surface area (Å²) in [6, 6.07) is 5.00. The second-order valence-electron chi connectivity index (χ2n) is 3.93. The number of amides is 1. The summed E-state index contributed by atoms with van der Waals surface area (Å²) in [5.74, 6) is 0.408. The molecule has 0 fully saturated rings. The maximum atomic E-state index is 11.5. The van der Waals surface area contributed by atoms with Crippen molar-refractivity contribution in [2.24, 2.45) is 0 Å². The van der Waals surface area contributed by atoms with Gasteiger partial charge in [-0.05, 0) is 24.6 Å². The fourth-order valence-electron chi connectivity index (χ4n) is 1.47. The second-order valence-corrected chi connectivity index (χ2v) is 4.77. The van der Waals surface area contributed by atoms with Gasteiger partial charge in [-0.25, -0.2) is 4.68 Å². The maximum Gasteiger partial charge on any atom is 0.239 e. The van der Waals surface area contributed by atoms with Gasteiger partial charge in [0.15, 0.2) is 0 Å². The van der Waals surface area contributed by atoms with Crippen molar-refractivity contribution >= 4 is 29.1 Å². The number of hydrogen-bond donors (Lipinski definition) is 1. The highest BCUT2D eigenvalue weighted by Crippen LogP contribution is 2.27. The lowest BCUT2D eigenvalue weighted by molar-refractivity contribution is -0.117. The lowest BCUT2D eigenvalue weighted by Gasteiger charge is -2.08. The lowest BCUT2D eigenvalue weighted by atomic mass is 10.3. The molecule has 1 heterocycles. The number of hydrogen-bond acceptors (Lipinski definition) is 4. The average Bonchev–Trinajstić information content (AvgIpc) is 2.89. The largest absolute Gasteiger partial charge is 0.492 e. The predicted octanol–water partition coefficient (Wildman–Crippen LogP) is 2.51. The van der Waals surface area contributed by atoms with Gasteiger partial charge in [0.1, 0.15) is 18.4 Å². The van der Waals surface area contributed by atoms with Crippen LogP contribution in [-0.2, 0) is 4.79 Å². The Hall–Kier alpha value is -1.79. The van der Waals surface area contributed by atoms with E-state index in [1.807, 2.05) is 0 Å². The minimum atomic E-state index is -0.143. The zero-order valence-electron chi connectivity index (χ0n) is 10.4. The van der Waals surface area contributed by atoms with Crippen molar-refractivity contribution in [1.82, 2.24) is 14.9 Å². The Bertz CT molecular complexity index is 575. The summed E-state index contributed by atoms with van der Waals surface area (Å²) < 4.78 is 6.86. The third-order valence-corrected chi connectivity index (χ3v) is 2.90. The first-order valence-electron chi connectivity index (χ1n) is 5.87. The molecule has 6 nitrogen and oxygen atoms in total. The van der Waals surface area contributed by atoms with Crippen LogP contribution in [0.4, 0.5) is 0 Å². The number of nitrogens with zero attached hydrogens (tertiary/aromatic N) is 3. The van der Waals surface area contributed by atoms with Crippen LogP contribution in [0.2, 0.25) is 10.0 Å². The van der Waals surface area contributed by atoms with Crippen LogP contribution in [0.5, 0.6) is 5.75 Å². The van der Waals surface area contributed by atoms with Gasteiger partial charge in [0, 0.05) is 11.4 Å². The lowest BCUT2D eigenvalue weighted by Crippen LogP contribution is -2.21. The number of nitrogens with one attached hydrogen (secondary N) is 1. The molecule has 0 saturated carbocycles. The minimum absolute atomic E-state index is 0.143. The van der Waals surface area contributed by atoms with E-state index in [4.69, 9.17) is 27.9 Å². The Morgan fingerprint density at radius 3 is 2.75 bits per heavy atom. The summed E-state index contributed by atoms with van der Waals surface area (Å²) in [4.78, 5) is 11.5. The third-order valence-electron chi connectivity index (χ3n) is 2.37. The van der Waals surface area contributed by atoms with Crippen molar-refractivity contribution in [2.45, 2.75) is 12.8 Å². The molecule has 0 saturated heterocycles. The molecule has 8 heteroatoms. The second kappa shape index (κ2) is 7.12. The average molecular weight is 315 g/mol. The molecule has 106 valence electrons. The van der Waals surface area contributed by atoms with Crippen molar-refractivity contribution in [3.8, 4) is 5.75 Å². The van der Waals surface area contributed by atoms with Crippen LogP contribution in [-0.4, -0.2) is 27.4 Å². The van der Waals surface area contributed by atoms with Crippen molar-refractivity contribution in [1.29, 1.82) is 0 Å². The standard InChI is InChI=1S/C12H12Cl2N4O2/c13-9-3-4-11(10(14)6-9)20-5-1-2-12(19)17-18-7-15-16-8-18/h3-4,6-8H,1-2,5H2,(H,17,19). The molecule has 1 amide bonds. The monoisotopic (exact) mass is 314 g/mol. The Morgan fingerprint density at radius 1 is 1.30 bits per heavy atom. The first kappa shape index (κ1) is 14.6. The van der Waals surface area contributed by atoms with E-state index < -0.39 is 0 Å². The van der Waals surface area contributed by atoms with Gasteiger partial charge >= 0.3 is 0 Å². The summed E-state index contributed by atoms with van der Waals surface area (Å²) in [7, 11) is 0. The molecule has 2 rings (SSSR count). The van der Waals surface area contributed by atoms with Gasteiger partial charge in [0.25, 0.3) is 0 Å². The molecule has 20 heavy (non-hydrogen) atoms. The molecular weight excluding hydrogens is 303 g/mol. The van der Waals surface area contributed by atoms with Gasteiger partial charge in [-0.15, -0.1) is 10.2 Å². The number of rotatable bonds is 6. The zero-order valence-corrected chi connectivity index (χ0v) is 11.9. The molecule has 0 atom stereocenters. The summed E-state index contributed by atoms with van der Waals surface area (Å²) in [6.07, 6.45) is 3.69. The van der Waals surface area contributed by atoms with Crippen LogP contribution in [0.1, 0.15) is 12.8 Å². The first-order chi connectivity index (χ1) is 9.65.